The molecule has 0 N–H and O–H groups in total. The summed E-state index contributed by atoms with van der Waals surface area (Å²) in [5, 5.41) is 1.88. The summed E-state index contributed by atoms with van der Waals surface area (Å²) in [6, 6.07) is 15.3. The fourth-order valence-corrected chi connectivity index (χ4v) is 3.39. The van der Waals surface area contributed by atoms with E-state index in [9.17, 15) is 13.6 Å². The van der Waals surface area contributed by atoms with Gasteiger partial charge in [-0.2, -0.15) is 0 Å². The van der Waals surface area contributed by atoms with Crippen LogP contribution in [0.2, 0.25) is 0 Å². The molecule has 0 saturated heterocycles. The van der Waals surface area contributed by atoms with Gasteiger partial charge in [-0.3, -0.25) is 4.79 Å². The third-order valence-electron chi connectivity index (χ3n) is 3.69. The van der Waals surface area contributed by atoms with E-state index in [-0.39, 0.29) is 12.5 Å². The highest BCUT2D eigenvalue weighted by Crippen LogP contribution is 2.29. The highest BCUT2D eigenvalue weighted by molar-refractivity contribution is 7.12. The molecule has 0 aliphatic rings. The Bertz CT molecular complexity index is 861. The Morgan fingerprint density at radius 3 is 2.50 bits per heavy atom. The highest BCUT2D eigenvalue weighted by atomic mass is 32.1. The summed E-state index contributed by atoms with van der Waals surface area (Å²) in [5.41, 5.74) is 2.40. The van der Waals surface area contributed by atoms with Gasteiger partial charge in [-0.25, -0.2) is 8.78 Å². The third kappa shape index (κ3) is 3.36. The fourth-order valence-electron chi connectivity index (χ4n) is 2.48. The number of rotatable bonds is 4. The van der Waals surface area contributed by atoms with Crippen molar-refractivity contribution in [2.75, 3.05) is 7.05 Å². The van der Waals surface area contributed by atoms with Gasteiger partial charge >= 0.3 is 0 Å². The quantitative estimate of drug-likeness (QED) is 0.655. The number of nitrogens with zero attached hydrogens (tertiary/aromatic N) is 1. The molecule has 3 aromatic rings. The molecule has 0 atom stereocenters. The zero-order valence-electron chi connectivity index (χ0n) is 13.0. The summed E-state index contributed by atoms with van der Waals surface area (Å²) in [6.07, 6.45) is 0. The molecule has 2 aromatic carbocycles. The Morgan fingerprint density at radius 2 is 1.79 bits per heavy atom. The van der Waals surface area contributed by atoms with Crippen LogP contribution in [0.15, 0.2) is 60.0 Å². The molecule has 0 fully saturated rings. The van der Waals surface area contributed by atoms with Crippen molar-refractivity contribution in [1.82, 2.24) is 4.90 Å². The van der Waals surface area contributed by atoms with Gasteiger partial charge in [0, 0.05) is 19.2 Å². The van der Waals surface area contributed by atoms with Crippen LogP contribution in [0.3, 0.4) is 0 Å². The molecule has 0 unspecified atom stereocenters. The molecule has 1 heterocycles. The highest BCUT2D eigenvalue weighted by Gasteiger charge is 2.19. The molecule has 0 saturated carbocycles. The minimum absolute atomic E-state index is 0.145. The molecule has 0 spiro atoms. The predicted octanol–water partition coefficient (Wildman–Crippen LogP) is 4.97. The van der Waals surface area contributed by atoms with Gasteiger partial charge in [-0.1, -0.05) is 36.4 Å². The first-order chi connectivity index (χ1) is 11.6. The van der Waals surface area contributed by atoms with Gasteiger partial charge in [0.05, 0.1) is 4.88 Å². The molecule has 24 heavy (non-hydrogen) atoms. The van der Waals surface area contributed by atoms with Gasteiger partial charge in [0.1, 0.15) is 0 Å². The molecular formula is C19H15F2NOS. The molecule has 0 bridgehead atoms. The molecular weight excluding hydrogens is 328 g/mol. The summed E-state index contributed by atoms with van der Waals surface area (Å²) in [4.78, 5) is 14.9. The topological polar surface area (TPSA) is 20.3 Å². The maximum atomic E-state index is 13.3. The molecule has 0 aliphatic carbocycles. The first kappa shape index (κ1) is 16.3. The lowest BCUT2D eigenvalue weighted by Gasteiger charge is -2.17. The second-order valence-corrected chi connectivity index (χ2v) is 6.36. The number of hydrogen-bond acceptors (Lipinski definition) is 2. The van der Waals surface area contributed by atoms with Gasteiger partial charge in [0.15, 0.2) is 11.6 Å². The first-order valence-corrected chi connectivity index (χ1v) is 8.26. The van der Waals surface area contributed by atoms with Crippen molar-refractivity contribution in [1.29, 1.82) is 0 Å². The molecule has 1 amide bonds. The second-order valence-electron chi connectivity index (χ2n) is 5.44. The van der Waals surface area contributed by atoms with Crippen LogP contribution in [-0.2, 0) is 6.54 Å². The second kappa shape index (κ2) is 6.93. The lowest BCUT2D eigenvalue weighted by Crippen LogP contribution is -2.26. The summed E-state index contributed by atoms with van der Waals surface area (Å²) in [5.74, 6) is -1.94. The lowest BCUT2D eigenvalue weighted by atomic mass is 10.1. The van der Waals surface area contributed by atoms with Gasteiger partial charge in [0.2, 0.25) is 0 Å². The third-order valence-corrected chi connectivity index (χ3v) is 4.60. The van der Waals surface area contributed by atoms with Crippen LogP contribution in [0.5, 0.6) is 0 Å². The van der Waals surface area contributed by atoms with E-state index in [1.54, 1.807) is 7.05 Å². The maximum absolute atomic E-state index is 13.3. The fraction of sp³-hybridized carbons (Fsp3) is 0.105. The summed E-state index contributed by atoms with van der Waals surface area (Å²) >= 11 is 1.37. The Morgan fingerprint density at radius 1 is 1.04 bits per heavy atom. The van der Waals surface area contributed by atoms with E-state index in [0.29, 0.717) is 10.4 Å². The number of carbonyl (C=O) groups excluding carboxylic acids is 1. The average molecular weight is 343 g/mol. The Kier molecular flexibility index (Phi) is 4.71. The van der Waals surface area contributed by atoms with Crippen LogP contribution >= 0.6 is 11.3 Å². The van der Waals surface area contributed by atoms with Crippen molar-refractivity contribution < 1.29 is 13.6 Å². The predicted molar refractivity (Wildman–Crippen MR) is 91.9 cm³/mol. The molecule has 5 heteroatoms. The monoisotopic (exact) mass is 343 g/mol. The van der Waals surface area contributed by atoms with Crippen molar-refractivity contribution in [2.45, 2.75) is 6.54 Å². The van der Waals surface area contributed by atoms with Crippen LogP contribution < -0.4 is 0 Å². The summed E-state index contributed by atoms with van der Waals surface area (Å²) in [7, 11) is 1.65. The smallest absolute Gasteiger partial charge is 0.264 e. The molecule has 0 radical (unpaired) electrons. The zero-order valence-corrected chi connectivity index (χ0v) is 13.8. The van der Waals surface area contributed by atoms with Crippen LogP contribution in [0, 0.1) is 11.6 Å². The van der Waals surface area contributed by atoms with Crippen LogP contribution in [0.4, 0.5) is 8.78 Å². The van der Waals surface area contributed by atoms with Gasteiger partial charge < -0.3 is 4.90 Å². The van der Waals surface area contributed by atoms with Crippen LogP contribution in [0.25, 0.3) is 11.1 Å². The standard InChI is InChI=1S/C19H15F2NOS/c1-22(12-13-7-8-16(20)17(21)11-13)19(23)18-15(9-10-24-18)14-5-3-2-4-6-14/h2-11H,12H2,1H3. The Balaban J connectivity index is 1.82. The normalized spacial score (nSPS) is 10.6. The largest absolute Gasteiger partial charge is 0.337 e. The average Bonchev–Trinajstić information content (AvgIpc) is 3.08. The van der Waals surface area contributed by atoms with Crippen molar-refractivity contribution in [3.05, 3.63) is 82.1 Å². The molecule has 3 rings (SSSR count). The van der Waals surface area contributed by atoms with E-state index >= 15 is 0 Å². The van der Waals surface area contributed by atoms with Crippen molar-refractivity contribution >= 4 is 17.2 Å². The number of benzene rings is 2. The Hall–Kier alpha value is -2.53. The van der Waals surface area contributed by atoms with Gasteiger partial charge in [-0.05, 0) is 34.7 Å². The number of hydrogen-bond donors (Lipinski definition) is 0. The van der Waals surface area contributed by atoms with E-state index < -0.39 is 11.6 Å². The number of amides is 1. The van der Waals surface area contributed by atoms with E-state index in [4.69, 9.17) is 0 Å². The van der Waals surface area contributed by atoms with E-state index in [1.165, 1.54) is 22.3 Å². The SMILES string of the molecule is CN(Cc1ccc(F)c(F)c1)C(=O)c1sccc1-c1ccccc1. The summed E-state index contributed by atoms with van der Waals surface area (Å²) < 4.78 is 26.3. The van der Waals surface area contributed by atoms with Crippen molar-refractivity contribution in [2.24, 2.45) is 0 Å². The van der Waals surface area contributed by atoms with Crippen LogP contribution in [-0.4, -0.2) is 17.9 Å². The Labute approximate surface area is 143 Å². The molecule has 2 nitrogen and oxygen atoms in total. The van der Waals surface area contributed by atoms with E-state index in [0.717, 1.165) is 23.3 Å². The first-order valence-electron chi connectivity index (χ1n) is 7.38. The van der Waals surface area contributed by atoms with E-state index in [2.05, 4.69) is 0 Å². The van der Waals surface area contributed by atoms with E-state index in [1.807, 2.05) is 41.8 Å². The minimum Gasteiger partial charge on any atom is -0.337 e. The number of halogens is 2. The minimum atomic E-state index is -0.908. The van der Waals surface area contributed by atoms with Crippen molar-refractivity contribution in [3.8, 4) is 11.1 Å². The molecule has 1 aromatic heterocycles. The van der Waals surface area contributed by atoms with Crippen molar-refractivity contribution in [3.63, 3.8) is 0 Å². The molecule has 0 aliphatic heterocycles. The maximum Gasteiger partial charge on any atom is 0.264 e. The number of carbonyl (C=O) groups is 1. The lowest BCUT2D eigenvalue weighted by molar-refractivity contribution is 0.0790. The summed E-state index contributed by atoms with van der Waals surface area (Å²) in [6.45, 7) is 0.210. The number of thiophene rings is 1. The molecule has 122 valence electrons. The van der Waals surface area contributed by atoms with Crippen LogP contribution in [0.1, 0.15) is 15.2 Å². The van der Waals surface area contributed by atoms with Gasteiger partial charge in [0.25, 0.3) is 5.91 Å². The zero-order chi connectivity index (χ0) is 17.1. The van der Waals surface area contributed by atoms with Gasteiger partial charge in [-0.15, -0.1) is 11.3 Å².